The van der Waals surface area contributed by atoms with Gasteiger partial charge >= 0.3 is 0 Å². The van der Waals surface area contributed by atoms with E-state index >= 15 is 0 Å². The molecule has 2 aromatic rings. The maximum Gasteiger partial charge on any atom is 0.174 e. The Morgan fingerprint density at radius 1 is 0.976 bits per heavy atom. The number of aliphatic hydroxyl groups excluding tert-OH is 4. The van der Waals surface area contributed by atoms with Gasteiger partial charge in [-0.2, -0.15) is 0 Å². The second-order valence-electron chi connectivity index (χ2n) is 11.6. The molecule has 3 aliphatic rings. The number of rotatable bonds is 7. The second kappa shape index (κ2) is 12.2. The summed E-state index contributed by atoms with van der Waals surface area (Å²) in [6.45, 7) is 5.55. The van der Waals surface area contributed by atoms with Crippen LogP contribution in [0.25, 0.3) is 0 Å². The molecule has 11 heteroatoms. The largest absolute Gasteiger partial charge is 0.508 e. The van der Waals surface area contributed by atoms with Crippen LogP contribution >= 0.6 is 0 Å². The lowest BCUT2D eigenvalue weighted by molar-refractivity contribution is -0.181. The van der Waals surface area contributed by atoms with Gasteiger partial charge < -0.3 is 50.0 Å². The fraction of sp³-hybridized carbons (Fsp3) is 0.516. The maximum atomic E-state index is 13.0. The van der Waals surface area contributed by atoms with Gasteiger partial charge in [0, 0.05) is 24.1 Å². The smallest absolute Gasteiger partial charge is 0.174 e. The molecule has 228 valence electrons. The molecule has 0 saturated carbocycles. The molecule has 0 spiro atoms. The van der Waals surface area contributed by atoms with Crippen molar-refractivity contribution in [3.05, 3.63) is 58.7 Å². The molecule has 42 heavy (non-hydrogen) atoms. The van der Waals surface area contributed by atoms with Gasteiger partial charge in [-0.1, -0.05) is 12.2 Å². The highest BCUT2D eigenvalue weighted by Gasteiger charge is 2.39. The first-order valence-electron chi connectivity index (χ1n) is 14.2. The number of phenols is 3. The number of benzene rings is 2. The molecule has 0 amide bonds. The molecule has 3 aliphatic heterocycles. The van der Waals surface area contributed by atoms with Crippen LogP contribution in [0.5, 0.6) is 23.0 Å². The van der Waals surface area contributed by atoms with Crippen LogP contribution in [0.1, 0.15) is 78.3 Å². The van der Waals surface area contributed by atoms with Crippen LogP contribution in [0, 0.1) is 0 Å². The molecular weight excluding hydrogens is 548 g/mol. The van der Waals surface area contributed by atoms with E-state index in [0.717, 1.165) is 12.5 Å². The van der Waals surface area contributed by atoms with Crippen LogP contribution in [0.3, 0.4) is 0 Å². The van der Waals surface area contributed by atoms with E-state index < -0.39 is 60.9 Å². The van der Waals surface area contributed by atoms with Crippen LogP contribution in [-0.2, 0) is 15.9 Å². The standard InChI is InChI=1S/C31H38O11/c1-14(6-26-20(34)4-3-15(2)40-26)5-17-7-16(24-11-22(36)29-21(35)9-18(33)10-27(29)41-24)8-19(30(17)38)25-12-23(37)31(39)28(13-32)42-25/h7-10,15,20,23-26,28,31-35,37-39H,1,3-6,11-13H2,2H3/t15-,20?,23?,24?,25?,26?,28?,31?/m0/s1. The molecule has 2 aromatic carbocycles. The van der Waals surface area contributed by atoms with Gasteiger partial charge in [-0.05, 0) is 55.9 Å². The summed E-state index contributed by atoms with van der Waals surface area (Å²) in [4.78, 5) is 13.0. The van der Waals surface area contributed by atoms with Gasteiger partial charge in [0.25, 0.3) is 0 Å². The molecule has 3 heterocycles. The zero-order chi connectivity index (χ0) is 30.3. The third-order valence-electron chi connectivity index (χ3n) is 8.33. The van der Waals surface area contributed by atoms with Crippen molar-refractivity contribution in [2.24, 2.45) is 0 Å². The number of aromatic hydroxyl groups is 3. The van der Waals surface area contributed by atoms with Crippen molar-refractivity contribution in [1.29, 1.82) is 0 Å². The monoisotopic (exact) mass is 586 g/mol. The highest BCUT2D eigenvalue weighted by atomic mass is 16.5. The van der Waals surface area contributed by atoms with Crippen LogP contribution in [-0.4, -0.2) is 84.8 Å². The lowest BCUT2D eigenvalue weighted by Crippen LogP contribution is -2.47. The van der Waals surface area contributed by atoms with Gasteiger partial charge in [-0.25, -0.2) is 0 Å². The number of ether oxygens (including phenoxy) is 3. The van der Waals surface area contributed by atoms with Crippen LogP contribution in [0.15, 0.2) is 36.4 Å². The number of carbonyl (C=O) groups excluding carboxylic acids is 1. The minimum Gasteiger partial charge on any atom is -0.508 e. The number of Topliss-reactive ketones (excluding diaryl/α,β-unsaturated/α-hetero) is 1. The van der Waals surface area contributed by atoms with Crippen molar-refractivity contribution in [3.8, 4) is 23.0 Å². The third kappa shape index (κ3) is 6.12. The number of hydrogen-bond acceptors (Lipinski definition) is 11. The topological polar surface area (TPSA) is 186 Å². The minimum atomic E-state index is -1.31. The molecule has 0 bridgehead atoms. The Bertz CT molecular complexity index is 1340. The first-order chi connectivity index (χ1) is 19.9. The van der Waals surface area contributed by atoms with Gasteiger partial charge in [-0.15, -0.1) is 0 Å². The summed E-state index contributed by atoms with van der Waals surface area (Å²) in [5.74, 6) is -1.19. The van der Waals surface area contributed by atoms with Crippen molar-refractivity contribution in [3.63, 3.8) is 0 Å². The third-order valence-corrected chi connectivity index (χ3v) is 8.33. The molecule has 2 saturated heterocycles. The molecule has 0 radical (unpaired) electrons. The zero-order valence-electron chi connectivity index (χ0n) is 23.3. The second-order valence-corrected chi connectivity index (χ2v) is 11.6. The summed E-state index contributed by atoms with van der Waals surface area (Å²) >= 11 is 0. The Kier molecular flexibility index (Phi) is 8.79. The molecule has 11 nitrogen and oxygen atoms in total. The first kappa shape index (κ1) is 30.3. The molecule has 5 rings (SSSR count). The molecule has 7 N–H and O–H groups in total. The van der Waals surface area contributed by atoms with Crippen molar-refractivity contribution >= 4 is 5.78 Å². The average molecular weight is 587 g/mol. The van der Waals surface area contributed by atoms with E-state index in [1.165, 1.54) is 6.07 Å². The predicted octanol–water partition coefficient (Wildman–Crippen LogP) is 2.47. The Morgan fingerprint density at radius 3 is 2.48 bits per heavy atom. The normalized spacial score (nSPS) is 31.3. The zero-order valence-corrected chi connectivity index (χ0v) is 23.3. The lowest BCUT2D eigenvalue weighted by atomic mass is 9.87. The Morgan fingerprint density at radius 2 is 1.74 bits per heavy atom. The average Bonchev–Trinajstić information content (AvgIpc) is 2.92. The van der Waals surface area contributed by atoms with Crippen LogP contribution in [0.2, 0.25) is 0 Å². The van der Waals surface area contributed by atoms with Crippen LogP contribution in [0.4, 0.5) is 0 Å². The minimum absolute atomic E-state index is 0.00182. The van der Waals surface area contributed by atoms with Gasteiger partial charge in [0.1, 0.15) is 46.9 Å². The fourth-order valence-corrected chi connectivity index (χ4v) is 6.09. The summed E-state index contributed by atoms with van der Waals surface area (Å²) in [7, 11) is 0. The quantitative estimate of drug-likeness (QED) is 0.236. The highest BCUT2D eigenvalue weighted by Crippen LogP contribution is 2.45. The van der Waals surface area contributed by atoms with E-state index in [1.807, 2.05) is 6.92 Å². The Hall–Kier alpha value is -3.19. The fourth-order valence-electron chi connectivity index (χ4n) is 6.09. The number of ketones is 1. The molecule has 7 unspecified atom stereocenters. The molecule has 0 aromatic heterocycles. The Labute approximate surface area is 243 Å². The lowest BCUT2D eigenvalue weighted by Gasteiger charge is -2.37. The summed E-state index contributed by atoms with van der Waals surface area (Å²) < 4.78 is 17.8. The number of hydrogen-bond donors (Lipinski definition) is 7. The van der Waals surface area contributed by atoms with E-state index in [4.69, 9.17) is 14.2 Å². The first-order valence-corrected chi connectivity index (χ1v) is 14.2. The van der Waals surface area contributed by atoms with Crippen molar-refractivity contribution in [2.45, 2.75) is 94.3 Å². The van der Waals surface area contributed by atoms with E-state index in [0.29, 0.717) is 29.5 Å². The number of aliphatic hydroxyl groups is 4. The van der Waals surface area contributed by atoms with Crippen LogP contribution < -0.4 is 4.74 Å². The summed E-state index contributed by atoms with van der Waals surface area (Å²) in [6, 6.07) is 5.57. The van der Waals surface area contributed by atoms with Gasteiger partial charge in [0.15, 0.2) is 5.78 Å². The predicted molar refractivity (Wildman–Crippen MR) is 149 cm³/mol. The molecule has 0 aliphatic carbocycles. The van der Waals surface area contributed by atoms with E-state index in [-0.39, 0.29) is 53.7 Å². The molecular formula is C31H38O11. The summed E-state index contributed by atoms with van der Waals surface area (Å²) in [5.41, 5.74) is 1.83. The molecule has 8 atom stereocenters. The van der Waals surface area contributed by atoms with E-state index in [1.54, 1.807) is 12.1 Å². The van der Waals surface area contributed by atoms with E-state index in [2.05, 4.69) is 6.58 Å². The number of fused-ring (bicyclic) bond motifs is 1. The Balaban J connectivity index is 1.49. The SMILES string of the molecule is C=C(Cc1cc(C2CC(=O)c3c(O)cc(O)cc3O2)cc(C2CC(O)C(O)C(CO)O2)c1O)CC1O[C@@H](C)CCC1O. The van der Waals surface area contributed by atoms with Crippen molar-refractivity contribution in [2.75, 3.05) is 6.61 Å². The van der Waals surface area contributed by atoms with E-state index in [9.17, 15) is 40.5 Å². The number of phenolic OH excluding ortho intramolecular Hbond substituents is 3. The molecule has 2 fully saturated rings. The van der Waals surface area contributed by atoms with Gasteiger partial charge in [-0.3, -0.25) is 4.79 Å². The summed E-state index contributed by atoms with van der Waals surface area (Å²) in [6.07, 6.45) is -4.74. The van der Waals surface area contributed by atoms with Gasteiger partial charge in [0.2, 0.25) is 0 Å². The van der Waals surface area contributed by atoms with Crippen molar-refractivity contribution < 1.29 is 54.8 Å². The summed E-state index contributed by atoms with van der Waals surface area (Å²) in [5, 5.41) is 72.4. The van der Waals surface area contributed by atoms with Gasteiger partial charge in [0.05, 0.1) is 43.5 Å². The van der Waals surface area contributed by atoms with Crippen molar-refractivity contribution in [1.82, 2.24) is 0 Å². The maximum absolute atomic E-state index is 13.0. The number of carbonyl (C=O) groups is 1. The highest BCUT2D eigenvalue weighted by molar-refractivity contribution is 6.02.